The van der Waals surface area contributed by atoms with Crippen LogP contribution in [-0.2, 0) is 9.53 Å². The van der Waals surface area contributed by atoms with E-state index in [2.05, 4.69) is 15.4 Å². The molecule has 110 valence electrons. The molecule has 1 aromatic rings. The Morgan fingerprint density at radius 1 is 1.40 bits per heavy atom. The number of nitrogen functional groups attached to an aromatic ring is 1. The summed E-state index contributed by atoms with van der Waals surface area (Å²) in [6.45, 7) is 4.34. The van der Waals surface area contributed by atoms with Crippen LogP contribution in [0, 0.1) is 0 Å². The number of hydrogen-bond donors (Lipinski definition) is 3. The minimum absolute atomic E-state index is 0.116. The van der Waals surface area contributed by atoms with Gasteiger partial charge in [-0.3, -0.25) is 4.79 Å². The quantitative estimate of drug-likeness (QED) is 0.540. The number of benzene rings is 1. The summed E-state index contributed by atoms with van der Waals surface area (Å²) < 4.78 is 4.65. The summed E-state index contributed by atoms with van der Waals surface area (Å²) in [4.78, 5) is 23.3. The van der Waals surface area contributed by atoms with Crippen molar-refractivity contribution in [2.75, 3.05) is 24.7 Å². The molecule has 0 aliphatic rings. The summed E-state index contributed by atoms with van der Waals surface area (Å²) >= 11 is 0. The van der Waals surface area contributed by atoms with Crippen LogP contribution in [0.15, 0.2) is 18.2 Å². The molecule has 1 aromatic carbocycles. The third kappa shape index (κ3) is 4.15. The second-order valence-corrected chi connectivity index (χ2v) is 4.45. The lowest BCUT2D eigenvalue weighted by molar-refractivity contribution is -0.121. The Morgan fingerprint density at radius 2 is 2.10 bits per heavy atom. The first-order valence-electron chi connectivity index (χ1n) is 6.51. The summed E-state index contributed by atoms with van der Waals surface area (Å²) in [6, 6.07) is 4.31. The van der Waals surface area contributed by atoms with Gasteiger partial charge in [0.1, 0.15) is 6.04 Å². The van der Waals surface area contributed by atoms with Crippen molar-refractivity contribution in [3.05, 3.63) is 23.8 Å². The number of carbonyl (C=O) groups is 2. The van der Waals surface area contributed by atoms with Gasteiger partial charge in [-0.1, -0.05) is 6.92 Å². The highest BCUT2D eigenvalue weighted by atomic mass is 16.5. The number of nitrogens with one attached hydrogen (secondary N) is 2. The van der Waals surface area contributed by atoms with Crippen molar-refractivity contribution in [3.63, 3.8) is 0 Å². The molecule has 1 unspecified atom stereocenters. The van der Waals surface area contributed by atoms with E-state index in [9.17, 15) is 9.59 Å². The van der Waals surface area contributed by atoms with Crippen LogP contribution in [-0.4, -0.2) is 31.6 Å². The van der Waals surface area contributed by atoms with Crippen LogP contribution in [0.1, 0.15) is 30.6 Å². The average molecular weight is 279 g/mol. The molecule has 1 atom stereocenters. The Bertz CT molecular complexity index is 489. The molecule has 1 amide bonds. The van der Waals surface area contributed by atoms with Gasteiger partial charge in [-0.15, -0.1) is 0 Å². The minimum Gasteiger partial charge on any atom is -0.465 e. The second-order valence-electron chi connectivity index (χ2n) is 4.45. The summed E-state index contributed by atoms with van der Waals surface area (Å²) in [5.41, 5.74) is 7.21. The summed E-state index contributed by atoms with van der Waals surface area (Å²) in [7, 11) is 1.31. The highest BCUT2D eigenvalue weighted by Gasteiger charge is 2.14. The van der Waals surface area contributed by atoms with Gasteiger partial charge in [-0.2, -0.15) is 0 Å². The molecule has 0 spiro atoms. The molecular weight excluding hydrogens is 258 g/mol. The monoisotopic (exact) mass is 279 g/mol. The first-order chi connectivity index (χ1) is 9.49. The predicted octanol–water partition coefficient (Wildman–Crippen LogP) is 1.38. The molecule has 0 radical (unpaired) electrons. The van der Waals surface area contributed by atoms with E-state index < -0.39 is 12.0 Å². The molecule has 0 saturated carbocycles. The van der Waals surface area contributed by atoms with E-state index in [0.29, 0.717) is 23.5 Å². The van der Waals surface area contributed by atoms with Crippen molar-refractivity contribution in [1.29, 1.82) is 0 Å². The van der Waals surface area contributed by atoms with Gasteiger partial charge in [0, 0.05) is 6.54 Å². The second kappa shape index (κ2) is 7.37. The van der Waals surface area contributed by atoms with Crippen LogP contribution in [0.25, 0.3) is 0 Å². The molecule has 1 rings (SSSR count). The van der Waals surface area contributed by atoms with E-state index in [1.54, 1.807) is 25.1 Å². The zero-order chi connectivity index (χ0) is 15.1. The topological polar surface area (TPSA) is 93.5 Å². The van der Waals surface area contributed by atoms with Crippen molar-refractivity contribution < 1.29 is 14.3 Å². The van der Waals surface area contributed by atoms with Crippen molar-refractivity contribution in [1.82, 2.24) is 5.32 Å². The van der Waals surface area contributed by atoms with E-state index in [4.69, 9.17) is 5.73 Å². The van der Waals surface area contributed by atoms with Gasteiger partial charge in [-0.05, 0) is 31.5 Å². The molecular formula is C14H21N3O3. The van der Waals surface area contributed by atoms with E-state index in [1.807, 2.05) is 6.92 Å². The summed E-state index contributed by atoms with van der Waals surface area (Å²) in [5.74, 6) is -0.564. The molecule has 20 heavy (non-hydrogen) atoms. The first kappa shape index (κ1) is 15.8. The van der Waals surface area contributed by atoms with Crippen LogP contribution >= 0.6 is 0 Å². The minimum atomic E-state index is -0.448. The Hall–Kier alpha value is -2.24. The third-order valence-electron chi connectivity index (χ3n) is 2.79. The van der Waals surface area contributed by atoms with E-state index in [1.165, 1.54) is 7.11 Å². The van der Waals surface area contributed by atoms with Gasteiger partial charge in [0.2, 0.25) is 5.91 Å². The number of nitrogens with two attached hydrogens (primary N) is 1. The van der Waals surface area contributed by atoms with Crippen molar-refractivity contribution >= 4 is 23.3 Å². The Labute approximate surface area is 118 Å². The Balaban J connectivity index is 2.80. The highest BCUT2D eigenvalue weighted by Crippen LogP contribution is 2.21. The molecule has 4 N–H and O–H groups in total. The van der Waals surface area contributed by atoms with Gasteiger partial charge in [-0.25, -0.2) is 4.79 Å². The maximum atomic E-state index is 11.8. The number of anilines is 2. The van der Waals surface area contributed by atoms with Crippen LogP contribution in [0.5, 0.6) is 0 Å². The molecule has 0 fully saturated rings. The number of rotatable bonds is 6. The molecule has 0 aliphatic heterocycles. The largest absolute Gasteiger partial charge is 0.465 e. The summed E-state index contributed by atoms with van der Waals surface area (Å²) in [6.07, 6.45) is 0.873. The van der Waals surface area contributed by atoms with Crippen molar-refractivity contribution in [2.24, 2.45) is 0 Å². The zero-order valence-electron chi connectivity index (χ0n) is 12.0. The molecule has 6 heteroatoms. The Kier molecular flexibility index (Phi) is 5.83. The number of carbonyl (C=O) groups excluding carboxylic acids is 2. The SMILES string of the molecule is CCCNC(=O)C(C)Nc1cc(C(=O)OC)ccc1N. The standard InChI is InChI=1S/C14H21N3O3/c1-4-7-16-13(18)9(2)17-12-8-10(14(19)20-3)5-6-11(12)15/h5-6,8-9,17H,4,7,15H2,1-3H3,(H,16,18). The van der Waals surface area contributed by atoms with Gasteiger partial charge < -0.3 is 21.1 Å². The molecule has 0 aliphatic carbocycles. The van der Waals surface area contributed by atoms with Gasteiger partial charge >= 0.3 is 5.97 Å². The molecule has 6 nitrogen and oxygen atoms in total. The van der Waals surface area contributed by atoms with Gasteiger partial charge in [0.15, 0.2) is 0 Å². The molecule has 0 saturated heterocycles. The fourth-order valence-corrected chi connectivity index (χ4v) is 1.63. The lowest BCUT2D eigenvalue weighted by atomic mass is 10.1. The van der Waals surface area contributed by atoms with Crippen molar-refractivity contribution in [3.8, 4) is 0 Å². The summed E-state index contributed by atoms with van der Waals surface area (Å²) in [5, 5.41) is 5.78. The van der Waals surface area contributed by atoms with Crippen LogP contribution in [0.2, 0.25) is 0 Å². The van der Waals surface area contributed by atoms with Gasteiger partial charge in [0.25, 0.3) is 0 Å². The fourth-order valence-electron chi connectivity index (χ4n) is 1.63. The fraction of sp³-hybridized carbons (Fsp3) is 0.429. The van der Waals surface area contributed by atoms with Crippen LogP contribution in [0.4, 0.5) is 11.4 Å². The smallest absolute Gasteiger partial charge is 0.337 e. The number of esters is 1. The molecule has 0 aromatic heterocycles. The van der Waals surface area contributed by atoms with Crippen molar-refractivity contribution in [2.45, 2.75) is 26.3 Å². The number of amides is 1. The number of hydrogen-bond acceptors (Lipinski definition) is 5. The molecule has 0 heterocycles. The maximum Gasteiger partial charge on any atom is 0.337 e. The maximum absolute atomic E-state index is 11.8. The van der Waals surface area contributed by atoms with Crippen LogP contribution < -0.4 is 16.4 Å². The number of methoxy groups -OCH3 is 1. The van der Waals surface area contributed by atoms with Crippen LogP contribution in [0.3, 0.4) is 0 Å². The lowest BCUT2D eigenvalue weighted by Crippen LogP contribution is -2.38. The Morgan fingerprint density at radius 3 is 2.70 bits per heavy atom. The average Bonchev–Trinajstić information content (AvgIpc) is 2.45. The first-order valence-corrected chi connectivity index (χ1v) is 6.51. The van der Waals surface area contributed by atoms with Gasteiger partial charge in [0.05, 0.1) is 24.0 Å². The number of ether oxygens (including phenoxy) is 1. The third-order valence-corrected chi connectivity index (χ3v) is 2.79. The normalized spacial score (nSPS) is 11.6. The lowest BCUT2D eigenvalue weighted by Gasteiger charge is -2.17. The van der Waals surface area contributed by atoms with E-state index >= 15 is 0 Å². The highest BCUT2D eigenvalue weighted by molar-refractivity contribution is 5.92. The molecule has 0 bridgehead atoms. The predicted molar refractivity (Wildman–Crippen MR) is 78.6 cm³/mol. The van der Waals surface area contributed by atoms with E-state index in [0.717, 1.165) is 6.42 Å². The van der Waals surface area contributed by atoms with E-state index in [-0.39, 0.29) is 5.91 Å². The zero-order valence-corrected chi connectivity index (χ0v) is 12.0.